The molecule has 2 aromatic carbocycles. The molecule has 0 bridgehead atoms. The molecule has 4 rings (SSSR count). The Balaban J connectivity index is 1.69. The number of ether oxygens (including phenoxy) is 1. The molecule has 176 valence electrons. The lowest BCUT2D eigenvalue weighted by Crippen LogP contribution is -2.40. The Morgan fingerprint density at radius 2 is 1.91 bits per heavy atom. The van der Waals surface area contributed by atoms with Crippen LogP contribution in [-0.4, -0.2) is 39.1 Å². The quantitative estimate of drug-likeness (QED) is 0.478. The van der Waals surface area contributed by atoms with Crippen molar-refractivity contribution in [1.82, 2.24) is 14.9 Å². The molecule has 0 saturated heterocycles. The van der Waals surface area contributed by atoms with Crippen LogP contribution in [0.2, 0.25) is 5.28 Å². The lowest BCUT2D eigenvalue weighted by molar-refractivity contribution is 0.0636. The molecule has 0 fully saturated rings. The van der Waals surface area contributed by atoms with Crippen LogP contribution in [0.25, 0.3) is 0 Å². The molecule has 0 saturated carbocycles. The standard InChI is InChI=1S/C25H26ClN5O3/c1-25(2,3)34-23(32)28-19-10-7-11-20(14-19)31-21-18(15-27-22(26)29-21)12-13-30(24(31)33)16-17-8-5-4-6-9-17/h4-11,14-15H,12-13,16H2,1-3H3,(H,28,32). The van der Waals surface area contributed by atoms with Gasteiger partial charge in [0.25, 0.3) is 0 Å². The van der Waals surface area contributed by atoms with E-state index < -0.39 is 11.7 Å². The minimum absolute atomic E-state index is 0.0519. The molecule has 2 heterocycles. The van der Waals surface area contributed by atoms with E-state index in [2.05, 4.69) is 15.3 Å². The van der Waals surface area contributed by atoms with Gasteiger partial charge in [-0.05, 0) is 62.6 Å². The summed E-state index contributed by atoms with van der Waals surface area (Å²) in [6, 6.07) is 16.5. The summed E-state index contributed by atoms with van der Waals surface area (Å²) in [5, 5.41) is 2.78. The molecule has 8 nitrogen and oxygen atoms in total. The van der Waals surface area contributed by atoms with E-state index in [-0.39, 0.29) is 11.3 Å². The Morgan fingerprint density at radius 1 is 1.15 bits per heavy atom. The Morgan fingerprint density at radius 3 is 2.65 bits per heavy atom. The van der Waals surface area contributed by atoms with Gasteiger partial charge in [0.1, 0.15) is 11.4 Å². The molecule has 34 heavy (non-hydrogen) atoms. The van der Waals surface area contributed by atoms with E-state index in [9.17, 15) is 9.59 Å². The lowest BCUT2D eigenvalue weighted by atomic mass is 10.2. The molecule has 0 aliphatic carbocycles. The van der Waals surface area contributed by atoms with Crippen molar-refractivity contribution in [3.05, 3.63) is 77.2 Å². The van der Waals surface area contributed by atoms with Gasteiger partial charge in [-0.3, -0.25) is 5.32 Å². The van der Waals surface area contributed by atoms with Gasteiger partial charge in [-0.2, -0.15) is 4.98 Å². The van der Waals surface area contributed by atoms with Gasteiger partial charge in [0.2, 0.25) is 5.28 Å². The predicted octanol–water partition coefficient (Wildman–Crippen LogP) is 5.79. The van der Waals surface area contributed by atoms with Gasteiger partial charge in [-0.1, -0.05) is 36.4 Å². The maximum Gasteiger partial charge on any atom is 0.412 e. The molecule has 9 heteroatoms. The van der Waals surface area contributed by atoms with Crippen LogP contribution in [0.1, 0.15) is 31.9 Å². The van der Waals surface area contributed by atoms with E-state index in [1.54, 1.807) is 56.1 Å². The van der Waals surface area contributed by atoms with Gasteiger partial charge in [-0.25, -0.2) is 19.5 Å². The number of carbonyl (C=O) groups excluding carboxylic acids is 2. The molecule has 0 unspecified atom stereocenters. The number of nitrogens with one attached hydrogen (secondary N) is 1. The highest BCUT2D eigenvalue weighted by molar-refractivity contribution is 6.28. The Hall–Kier alpha value is -3.65. The van der Waals surface area contributed by atoms with Gasteiger partial charge in [0, 0.05) is 30.5 Å². The molecule has 1 N–H and O–H groups in total. The van der Waals surface area contributed by atoms with Gasteiger partial charge < -0.3 is 9.64 Å². The molecule has 0 atom stereocenters. The highest BCUT2D eigenvalue weighted by atomic mass is 35.5. The maximum atomic E-state index is 13.8. The molecule has 3 aromatic rings. The number of hydrogen-bond acceptors (Lipinski definition) is 5. The first kappa shape index (κ1) is 23.5. The van der Waals surface area contributed by atoms with Gasteiger partial charge in [0.05, 0.1) is 5.69 Å². The van der Waals surface area contributed by atoms with E-state index in [4.69, 9.17) is 16.3 Å². The first-order valence-electron chi connectivity index (χ1n) is 10.9. The van der Waals surface area contributed by atoms with E-state index in [1.807, 2.05) is 30.3 Å². The number of amides is 3. The average molecular weight is 480 g/mol. The van der Waals surface area contributed by atoms with E-state index in [0.29, 0.717) is 36.7 Å². The van der Waals surface area contributed by atoms with Crippen molar-refractivity contribution in [3.63, 3.8) is 0 Å². The fourth-order valence-electron chi connectivity index (χ4n) is 3.66. The second-order valence-corrected chi connectivity index (χ2v) is 9.28. The molecule has 0 spiro atoms. The summed E-state index contributed by atoms with van der Waals surface area (Å²) in [7, 11) is 0. The third kappa shape index (κ3) is 5.63. The summed E-state index contributed by atoms with van der Waals surface area (Å²) < 4.78 is 5.35. The maximum absolute atomic E-state index is 13.8. The number of benzene rings is 2. The highest BCUT2D eigenvalue weighted by Crippen LogP contribution is 2.33. The minimum Gasteiger partial charge on any atom is -0.444 e. The molecular weight excluding hydrogens is 454 g/mol. The Kier molecular flexibility index (Phi) is 6.70. The lowest BCUT2D eigenvalue weighted by Gasteiger charge is -2.28. The summed E-state index contributed by atoms with van der Waals surface area (Å²) in [5.74, 6) is 0.426. The number of carbonyl (C=O) groups is 2. The van der Waals surface area contributed by atoms with Crippen molar-refractivity contribution in [2.24, 2.45) is 0 Å². The number of nitrogens with zero attached hydrogens (tertiary/aromatic N) is 4. The van der Waals surface area contributed by atoms with Crippen LogP contribution in [0, 0.1) is 0 Å². The second kappa shape index (κ2) is 9.69. The van der Waals surface area contributed by atoms with Crippen molar-refractivity contribution in [2.75, 3.05) is 16.8 Å². The SMILES string of the molecule is CC(C)(C)OC(=O)Nc1cccc(N2C(=O)N(Cc3ccccc3)CCc3cnc(Cl)nc32)c1. The predicted molar refractivity (Wildman–Crippen MR) is 131 cm³/mol. The third-order valence-electron chi connectivity index (χ3n) is 5.10. The third-order valence-corrected chi connectivity index (χ3v) is 5.28. The Labute approximate surface area is 203 Å². The molecule has 3 amide bonds. The van der Waals surface area contributed by atoms with Crippen molar-refractivity contribution >= 4 is 40.9 Å². The van der Waals surface area contributed by atoms with E-state index in [0.717, 1.165) is 11.1 Å². The zero-order valence-electron chi connectivity index (χ0n) is 19.3. The van der Waals surface area contributed by atoms with Crippen LogP contribution in [0.5, 0.6) is 0 Å². The first-order chi connectivity index (χ1) is 16.2. The average Bonchev–Trinajstić information content (AvgIpc) is 2.89. The van der Waals surface area contributed by atoms with Crippen molar-refractivity contribution in [3.8, 4) is 0 Å². The van der Waals surface area contributed by atoms with Gasteiger partial charge >= 0.3 is 12.1 Å². The summed E-state index contributed by atoms with van der Waals surface area (Å²) in [4.78, 5) is 37.8. The second-order valence-electron chi connectivity index (χ2n) is 8.94. The zero-order chi connectivity index (χ0) is 24.3. The topological polar surface area (TPSA) is 87.7 Å². The minimum atomic E-state index is -0.632. The number of fused-ring (bicyclic) bond motifs is 1. The van der Waals surface area contributed by atoms with Crippen LogP contribution < -0.4 is 10.2 Å². The molecular formula is C25H26ClN5O3. The fourth-order valence-corrected chi connectivity index (χ4v) is 3.79. The number of aromatic nitrogens is 2. The largest absolute Gasteiger partial charge is 0.444 e. The first-order valence-corrected chi connectivity index (χ1v) is 11.3. The van der Waals surface area contributed by atoms with Crippen LogP contribution in [-0.2, 0) is 17.7 Å². The van der Waals surface area contributed by atoms with Crippen LogP contribution in [0.4, 0.5) is 26.8 Å². The number of anilines is 3. The van der Waals surface area contributed by atoms with Crippen molar-refractivity contribution < 1.29 is 14.3 Å². The number of hydrogen-bond donors (Lipinski definition) is 1. The number of urea groups is 1. The normalized spacial score (nSPS) is 13.8. The monoisotopic (exact) mass is 479 g/mol. The zero-order valence-corrected chi connectivity index (χ0v) is 20.0. The highest BCUT2D eigenvalue weighted by Gasteiger charge is 2.31. The number of rotatable bonds is 4. The molecule has 1 aromatic heterocycles. The van der Waals surface area contributed by atoms with Gasteiger partial charge in [0.15, 0.2) is 0 Å². The molecule has 1 aliphatic heterocycles. The smallest absolute Gasteiger partial charge is 0.412 e. The number of halogens is 1. The molecule has 0 radical (unpaired) electrons. The van der Waals surface area contributed by atoms with Crippen LogP contribution >= 0.6 is 11.6 Å². The van der Waals surface area contributed by atoms with Crippen LogP contribution in [0.3, 0.4) is 0 Å². The Bertz CT molecular complexity index is 1200. The van der Waals surface area contributed by atoms with Crippen molar-refractivity contribution in [2.45, 2.75) is 39.3 Å². The molecule has 1 aliphatic rings. The summed E-state index contributed by atoms with van der Waals surface area (Å²) >= 11 is 6.11. The van der Waals surface area contributed by atoms with Gasteiger partial charge in [-0.15, -0.1) is 0 Å². The van der Waals surface area contributed by atoms with E-state index in [1.165, 1.54) is 4.90 Å². The van der Waals surface area contributed by atoms with Crippen LogP contribution in [0.15, 0.2) is 60.8 Å². The van der Waals surface area contributed by atoms with Crippen molar-refractivity contribution in [1.29, 1.82) is 0 Å². The summed E-state index contributed by atoms with van der Waals surface area (Å²) in [5.41, 5.74) is 2.21. The van der Waals surface area contributed by atoms with E-state index >= 15 is 0 Å². The fraction of sp³-hybridized carbons (Fsp3) is 0.280. The summed E-state index contributed by atoms with van der Waals surface area (Å²) in [6.07, 6.45) is 1.65. The summed E-state index contributed by atoms with van der Waals surface area (Å²) in [6.45, 7) is 6.32.